The van der Waals surface area contributed by atoms with E-state index in [0.717, 1.165) is 16.4 Å². The van der Waals surface area contributed by atoms with Gasteiger partial charge in [0.25, 0.3) is 0 Å². The van der Waals surface area contributed by atoms with E-state index in [4.69, 9.17) is 0 Å². The molecule has 0 aliphatic rings. The van der Waals surface area contributed by atoms with Crippen LogP contribution in [0.1, 0.15) is 6.92 Å². The van der Waals surface area contributed by atoms with Crippen molar-refractivity contribution in [2.45, 2.75) is 11.8 Å². The average Bonchev–Trinajstić information content (AvgIpc) is 2.37. The van der Waals surface area contributed by atoms with Crippen molar-refractivity contribution in [3.8, 4) is 0 Å². The molecule has 0 heterocycles. The maximum absolute atomic E-state index is 13.5. The Bertz CT molecular complexity index is 575. The molecule has 0 spiro atoms. The zero-order valence-corrected chi connectivity index (χ0v) is 11.3. The van der Waals surface area contributed by atoms with Gasteiger partial charge in [0.1, 0.15) is 16.5 Å². The van der Waals surface area contributed by atoms with E-state index in [1.54, 1.807) is 0 Å². The molecule has 5 nitrogen and oxygen atoms in total. The Kier molecular flexibility index (Phi) is 4.96. The third-order valence-electron chi connectivity index (χ3n) is 2.46. The molecule has 0 aliphatic carbocycles. The molecule has 0 saturated carbocycles. The van der Waals surface area contributed by atoms with E-state index in [-0.39, 0.29) is 6.54 Å². The van der Waals surface area contributed by atoms with Gasteiger partial charge in [0, 0.05) is 13.6 Å². The first-order chi connectivity index (χ1) is 8.82. The minimum atomic E-state index is -4.25. The summed E-state index contributed by atoms with van der Waals surface area (Å²) >= 11 is 0. The van der Waals surface area contributed by atoms with Gasteiger partial charge in [-0.1, -0.05) is 6.92 Å². The Morgan fingerprint density at radius 3 is 2.53 bits per heavy atom. The first-order valence-corrected chi connectivity index (χ1v) is 6.92. The van der Waals surface area contributed by atoms with Crippen molar-refractivity contribution in [2.24, 2.45) is 0 Å². The quantitative estimate of drug-likeness (QED) is 0.869. The van der Waals surface area contributed by atoms with Crippen molar-refractivity contribution in [2.75, 3.05) is 20.1 Å². The van der Waals surface area contributed by atoms with Crippen molar-refractivity contribution in [1.82, 2.24) is 9.62 Å². The molecule has 0 atom stereocenters. The Balaban J connectivity index is 3.20. The molecule has 19 heavy (non-hydrogen) atoms. The lowest BCUT2D eigenvalue weighted by atomic mass is 10.3. The number of nitrogens with zero attached hydrogens (tertiary/aromatic N) is 1. The number of benzene rings is 1. The van der Waals surface area contributed by atoms with Crippen LogP contribution >= 0.6 is 0 Å². The predicted molar refractivity (Wildman–Crippen MR) is 64.9 cm³/mol. The second-order valence-electron chi connectivity index (χ2n) is 3.68. The van der Waals surface area contributed by atoms with Crippen molar-refractivity contribution < 1.29 is 22.0 Å². The molecule has 1 rings (SSSR count). The van der Waals surface area contributed by atoms with Crippen LogP contribution in [0.2, 0.25) is 0 Å². The molecule has 1 N–H and O–H groups in total. The summed E-state index contributed by atoms with van der Waals surface area (Å²) in [5.74, 6) is -2.46. The fourth-order valence-corrected chi connectivity index (χ4v) is 2.90. The van der Waals surface area contributed by atoms with Gasteiger partial charge < -0.3 is 5.32 Å². The second-order valence-corrected chi connectivity index (χ2v) is 5.59. The molecule has 0 radical (unpaired) electrons. The average molecular weight is 292 g/mol. The Morgan fingerprint density at radius 1 is 1.37 bits per heavy atom. The largest absolute Gasteiger partial charge is 0.358 e. The van der Waals surface area contributed by atoms with Crippen LogP contribution in [0.4, 0.5) is 8.78 Å². The van der Waals surface area contributed by atoms with Gasteiger partial charge in [-0.3, -0.25) is 4.79 Å². The van der Waals surface area contributed by atoms with E-state index in [2.05, 4.69) is 5.32 Å². The molecule has 1 amide bonds. The number of rotatable bonds is 5. The summed E-state index contributed by atoms with van der Waals surface area (Å²) in [6, 6.07) is 2.15. The van der Waals surface area contributed by atoms with E-state index in [1.165, 1.54) is 14.0 Å². The molecular formula is C11H14F2N2O3S. The highest BCUT2D eigenvalue weighted by atomic mass is 32.2. The SMILES string of the molecule is CCN(CC(=O)NC)S(=O)(=O)c1cc(F)ccc1F. The number of carbonyl (C=O) groups is 1. The highest BCUT2D eigenvalue weighted by Gasteiger charge is 2.28. The van der Waals surface area contributed by atoms with Crippen molar-refractivity contribution in [3.05, 3.63) is 29.8 Å². The van der Waals surface area contributed by atoms with Crippen LogP contribution in [0.5, 0.6) is 0 Å². The monoisotopic (exact) mass is 292 g/mol. The number of hydrogen-bond donors (Lipinski definition) is 1. The topological polar surface area (TPSA) is 66.5 Å². The Hall–Kier alpha value is -1.54. The second kappa shape index (κ2) is 6.07. The van der Waals surface area contributed by atoms with Crippen LogP contribution in [0.15, 0.2) is 23.1 Å². The van der Waals surface area contributed by atoms with E-state index >= 15 is 0 Å². The van der Waals surface area contributed by atoms with Gasteiger partial charge in [-0.25, -0.2) is 17.2 Å². The van der Waals surface area contributed by atoms with Crippen LogP contribution < -0.4 is 5.32 Å². The molecule has 0 fully saturated rings. The van der Waals surface area contributed by atoms with Gasteiger partial charge in [0.2, 0.25) is 15.9 Å². The number of carbonyl (C=O) groups excluding carboxylic acids is 1. The minimum Gasteiger partial charge on any atom is -0.358 e. The van der Waals surface area contributed by atoms with Crippen molar-refractivity contribution in [1.29, 1.82) is 0 Å². The normalized spacial score (nSPS) is 11.6. The summed E-state index contributed by atoms with van der Waals surface area (Å²) in [4.78, 5) is 10.4. The molecule has 8 heteroatoms. The third-order valence-corrected chi connectivity index (χ3v) is 4.40. The molecule has 106 valence electrons. The van der Waals surface area contributed by atoms with Gasteiger partial charge in [-0.05, 0) is 18.2 Å². The summed E-state index contributed by atoms with van der Waals surface area (Å²) in [5.41, 5.74) is 0. The predicted octanol–water partition coefficient (Wildman–Crippen LogP) is 0.721. The van der Waals surface area contributed by atoms with E-state index in [0.29, 0.717) is 6.07 Å². The lowest BCUT2D eigenvalue weighted by Gasteiger charge is -2.19. The maximum Gasteiger partial charge on any atom is 0.246 e. The molecule has 0 saturated heterocycles. The summed E-state index contributed by atoms with van der Waals surface area (Å²) in [5, 5.41) is 2.27. The molecule has 0 aromatic heterocycles. The Labute approximate surface area is 110 Å². The first kappa shape index (κ1) is 15.5. The van der Waals surface area contributed by atoms with Gasteiger partial charge in [-0.2, -0.15) is 4.31 Å². The smallest absolute Gasteiger partial charge is 0.246 e. The molecule has 0 bridgehead atoms. The summed E-state index contributed by atoms with van der Waals surface area (Å²) in [6.07, 6.45) is 0. The number of hydrogen-bond acceptors (Lipinski definition) is 3. The zero-order chi connectivity index (χ0) is 14.6. The van der Waals surface area contributed by atoms with Crippen LogP contribution in [-0.4, -0.2) is 38.8 Å². The zero-order valence-electron chi connectivity index (χ0n) is 10.5. The molecule has 1 aromatic carbocycles. The van der Waals surface area contributed by atoms with E-state index in [9.17, 15) is 22.0 Å². The van der Waals surface area contributed by atoms with E-state index in [1.807, 2.05) is 0 Å². The number of nitrogens with one attached hydrogen (secondary N) is 1. The number of likely N-dealkylation sites (N-methyl/N-ethyl adjacent to an activating group) is 2. The minimum absolute atomic E-state index is 0.0360. The van der Waals surface area contributed by atoms with E-state index < -0.39 is 39.0 Å². The molecule has 0 unspecified atom stereocenters. The standard InChI is InChI=1S/C11H14F2N2O3S/c1-3-15(7-11(16)14-2)19(17,18)10-6-8(12)4-5-9(10)13/h4-6H,3,7H2,1-2H3,(H,14,16). The molecule has 1 aromatic rings. The fraction of sp³-hybridized carbons (Fsp3) is 0.364. The summed E-state index contributed by atoms with van der Waals surface area (Å²) in [7, 11) is -2.90. The maximum atomic E-state index is 13.5. The lowest BCUT2D eigenvalue weighted by Crippen LogP contribution is -2.39. The van der Waals surface area contributed by atoms with Crippen LogP contribution in [-0.2, 0) is 14.8 Å². The van der Waals surface area contributed by atoms with Crippen molar-refractivity contribution >= 4 is 15.9 Å². The Morgan fingerprint density at radius 2 is 2.00 bits per heavy atom. The third kappa shape index (κ3) is 3.48. The highest BCUT2D eigenvalue weighted by Crippen LogP contribution is 2.20. The number of amides is 1. The van der Waals surface area contributed by atoms with Crippen LogP contribution in [0.3, 0.4) is 0 Å². The van der Waals surface area contributed by atoms with Crippen LogP contribution in [0.25, 0.3) is 0 Å². The summed E-state index contributed by atoms with van der Waals surface area (Å²) in [6.45, 7) is 1.01. The summed E-state index contributed by atoms with van der Waals surface area (Å²) < 4.78 is 51.6. The van der Waals surface area contributed by atoms with Gasteiger partial charge in [0.15, 0.2) is 0 Å². The van der Waals surface area contributed by atoms with Gasteiger partial charge in [0.05, 0.1) is 6.54 Å². The van der Waals surface area contributed by atoms with Crippen LogP contribution in [0, 0.1) is 11.6 Å². The number of sulfonamides is 1. The molecule has 0 aliphatic heterocycles. The highest BCUT2D eigenvalue weighted by molar-refractivity contribution is 7.89. The first-order valence-electron chi connectivity index (χ1n) is 5.48. The van der Waals surface area contributed by atoms with Gasteiger partial charge in [-0.15, -0.1) is 0 Å². The van der Waals surface area contributed by atoms with Crippen molar-refractivity contribution in [3.63, 3.8) is 0 Å². The molecular weight excluding hydrogens is 278 g/mol. The fourth-order valence-electron chi connectivity index (χ4n) is 1.42. The number of halogens is 2. The lowest BCUT2D eigenvalue weighted by molar-refractivity contribution is -0.120. The van der Waals surface area contributed by atoms with Gasteiger partial charge >= 0.3 is 0 Å².